The van der Waals surface area contributed by atoms with E-state index in [9.17, 15) is 14.7 Å². The van der Waals surface area contributed by atoms with Crippen LogP contribution in [0.5, 0.6) is 0 Å². The van der Waals surface area contributed by atoms with Gasteiger partial charge in [-0.15, -0.1) is 0 Å². The molecule has 0 bridgehead atoms. The van der Waals surface area contributed by atoms with Gasteiger partial charge in [-0.2, -0.15) is 0 Å². The molecule has 1 unspecified atom stereocenters. The topological polar surface area (TPSA) is 70.1 Å². The molecule has 0 heterocycles. The number of carbonyl (C=O) groups is 2. The predicted molar refractivity (Wildman–Crippen MR) is 216 cm³/mol. The first-order chi connectivity index (χ1) is 24.5. The Balaban J connectivity index is 4.06. The Morgan fingerprint density at radius 1 is 0.480 bits per heavy atom. The van der Waals surface area contributed by atoms with E-state index in [0.29, 0.717) is 18.7 Å². The highest BCUT2D eigenvalue weighted by Crippen LogP contribution is 2.15. The van der Waals surface area contributed by atoms with Gasteiger partial charge in [0.1, 0.15) is 0 Å². The first-order valence-electron chi connectivity index (χ1n) is 22.3. The van der Waals surface area contributed by atoms with Crippen LogP contribution >= 0.6 is 0 Å². The van der Waals surface area contributed by atoms with Crippen LogP contribution in [-0.4, -0.2) is 72.2 Å². The molecule has 0 aliphatic heterocycles. The normalized spacial score (nSPS) is 12.1. The summed E-state index contributed by atoms with van der Waals surface area (Å²) in [4.78, 5) is 30.0. The van der Waals surface area contributed by atoms with E-state index in [1.807, 2.05) is 6.92 Å². The molecular weight excluding hydrogens is 620 g/mol. The van der Waals surface area contributed by atoms with E-state index in [-0.39, 0.29) is 18.7 Å². The van der Waals surface area contributed by atoms with Crippen molar-refractivity contribution in [1.82, 2.24) is 9.80 Å². The minimum atomic E-state index is -0.0469. The summed E-state index contributed by atoms with van der Waals surface area (Å²) in [6, 6.07) is 0. The fourth-order valence-corrected chi connectivity index (χ4v) is 6.99. The number of unbranched alkanes of at least 4 members (excludes halogenated alkanes) is 23. The summed E-state index contributed by atoms with van der Waals surface area (Å²) < 4.78 is 5.65. The highest BCUT2D eigenvalue weighted by Gasteiger charge is 2.13. The van der Waals surface area contributed by atoms with Crippen molar-refractivity contribution >= 4 is 11.9 Å². The fourth-order valence-electron chi connectivity index (χ4n) is 6.99. The van der Waals surface area contributed by atoms with Crippen molar-refractivity contribution in [1.29, 1.82) is 0 Å². The average molecular weight is 709 g/mol. The molecule has 0 aliphatic rings. The Morgan fingerprint density at radius 3 is 1.34 bits per heavy atom. The van der Waals surface area contributed by atoms with Gasteiger partial charge in [-0.3, -0.25) is 9.59 Å². The Kier molecular flexibility index (Phi) is 38.2. The van der Waals surface area contributed by atoms with Gasteiger partial charge < -0.3 is 19.6 Å². The Bertz CT molecular complexity index is 702. The molecule has 1 amide bonds. The molecule has 1 N–H and O–H groups in total. The summed E-state index contributed by atoms with van der Waals surface area (Å²) >= 11 is 0. The number of aliphatic hydroxyl groups is 1. The second kappa shape index (κ2) is 39.1. The SMILES string of the molecule is CCCCCCCCCCC(C)OC(=O)CCCCCN(CCO)CCCCCCCC(=O)N(CCCCCCCC)CCCCCCCC. The monoisotopic (exact) mass is 709 g/mol. The molecule has 0 aromatic heterocycles. The first-order valence-corrected chi connectivity index (χ1v) is 22.3. The summed E-state index contributed by atoms with van der Waals surface area (Å²) in [5.74, 6) is 0.331. The fraction of sp³-hybridized carbons (Fsp3) is 0.955. The van der Waals surface area contributed by atoms with Crippen LogP contribution in [0.2, 0.25) is 0 Å². The van der Waals surface area contributed by atoms with Crippen LogP contribution in [0, 0.1) is 0 Å². The molecule has 0 saturated heterocycles. The summed E-state index contributed by atoms with van der Waals surface area (Å²) in [6.07, 6.45) is 36.5. The standard InChI is InChI=1S/C44H88N2O4/c1-5-8-11-14-17-18-20-26-33-42(4)50-44(49)35-28-25-30-37-45(40-41-47)36-29-22-19-21-27-34-43(48)46(38-31-23-15-12-9-6-2)39-32-24-16-13-10-7-3/h42,47H,5-41H2,1-4H3. The van der Waals surface area contributed by atoms with Gasteiger partial charge in [-0.05, 0) is 71.4 Å². The van der Waals surface area contributed by atoms with E-state index < -0.39 is 0 Å². The first kappa shape index (κ1) is 48.9. The van der Waals surface area contributed by atoms with Crippen LogP contribution in [0.1, 0.15) is 227 Å². The number of amides is 1. The largest absolute Gasteiger partial charge is 0.463 e. The number of nitrogens with zero attached hydrogens (tertiary/aromatic N) is 2. The van der Waals surface area contributed by atoms with Crippen LogP contribution in [0.25, 0.3) is 0 Å². The number of aliphatic hydroxyl groups excluding tert-OH is 1. The van der Waals surface area contributed by atoms with Crippen molar-refractivity contribution in [2.24, 2.45) is 0 Å². The molecule has 1 atom stereocenters. The van der Waals surface area contributed by atoms with Crippen LogP contribution in [0.15, 0.2) is 0 Å². The smallest absolute Gasteiger partial charge is 0.306 e. The number of hydrogen-bond donors (Lipinski definition) is 1. The minimum Gasteiger partial charge on any atom is -0.463 e. The van der Waals surface area contributed by atoms with Crippen LogP contribution in [-0.2, 0) is 14.3 Å². The lowest BCUT2D eigenvalue weighted by Crippen LogP contribution is -2.32. The number of rotatable bonds is 40. The number of ether oxygens (including phenoxy) is 1. The van der Waals surface area contributed by atoms with E-state index >= 15 is 0 Å². The summed E-state index contributed by atoms with van der Waals surface area (Å²) in [5, 5.41) is 9.57. The van der Waals surface area contributed by atoms with E-state index in [4.69, 9.17) is 4.74 Å². The summed E-state index contributed by atoms with van der Waals surface area (Å²) in [6.45, 7) is 13.6. The van der Waals surface area contributed by atoms with Gasteiger partial charge in [0.25, 0.3) is 0 Å². The summed E-state index contributed by atoms with van der Waals surface area (Å²) in [5.41, 5.74) is 0. The zero-order chi connectivity index (χ0) is 36.8. The van der Waals surface area contributed by atoms with Gasteiger partial charge >= 0.3 is 5.97 Å². The highest BCUT2D eigenvalue weighted by atomic mass is 16.5. The lowest BCUT2D eigenvalue weighted by molar-refractivity contribution is -0.148. The van der Waals surface area contributed by atoms with Crippen molar-refractivity contribution in [3.63, 3.8) is 0 Å². The van der Waals surface area contributed by atoms with Gasteiger partial charge in [-0.1, -0.05) is 156 Å². The zero-order valence-electron chi connectivity index (χ0n) is 34.3. The molecule has 0 aliphatic carbocycles. The minimum absolute atomic E-state index is 0.0302. The van der Waals surface area contributed by atoms with Gasteiger partial charge in [0.15, 0.2) is 0 Å². The molecule has 0 rings (SSSR count). The van der Waals surface area contributed by atoms with E-state index in [0.717, 1.165) is 96.9 Å². The van der Waals surface area contributed by atoms with Crippen LogP contribution in [0.4, 0.5) is 0 Å². The van der Waals surface area contributed by atoms with Gasteiger partial charge in [0.05, 0.1) is 12.7 Å². The molecular formula is C44H88N2O4. The molecule has 0 saturated carbocycles. The summed E-state index contributed by atoms with van der Waals surface area (Å²) in [7, 11) is 0. The zero-order valence-corrected chi connectivity index (χ0v) is 34.3. The maximum Gasteiger partial charge on any atom is 0.306 e. The maximum absolute atomic E-state index is 13.1. The predicted octanol–water partition coefficient (Wildman–Crippen LogP) is 12.2. The molecule has 0 aromatic rings. The number of carbonyl (C=O) groups excluding carboxylic acids is 2. The second-order valence-corrected chi connectivity index (χ2v) is 15.4. The number of esters is 1. The number of hydrogen-bond acceptors (Lipinski definition) is 5. The molecule has 6 nitrogen and oxygen atoms in total. The van der Waals surface area contributed by atoms with Gasteiger partial charge in [0, 0.05) is 32.5 Å². The van der Waals surface area contributed by atoms with Crippen molar-refractivity contribution in [3.8, 4) is 0 Å². The van der Waals surface area contributed by atoms with E-state index in [2.05, 4.69) is 30.6 Å². The molecule has 0 aromatic carbocycles. The third kappa shape index (κ3) is 34.0. The highest BCUT2D eigenvalue weighted by molar-refractivity contribution is 5.76. The van der Waals surface area contributed by atoms with Crippen molar-refractivity contribution in [3.05, 3.63) is 0 Å². The molecule has 50 heavy (non-hydrogen) atoms. The molecule has 0 radical (unpaired) electrons. The Hall–Kier alpha value is -1.14. The lowest BCUT2D eigenvalue weighted by Gasteiger charge is -2.23. The van der Waals surface area contributed by atoms with Crippen LogP contribution < -0.4 is 0 Å². The third-order valence-corrected chi connectivity index (χ3v) is 10.3. The molecule has 0 spiro atoms. The van der Waals surface area contributed by atoms with Crippen molar-refractivity contribution in [2.45, 2.75) is 233 Å². The maximum atomic E-state index is 13.1. The van der Waals surface area contributed by atoms with E-state index in [1.54, 1.807) is 0 Å². The van der Waals surface area contributed by atoms with Gasteiger partial charge in [-0.25, -0.2) is 0 Å². The third-order valence-electron chi connectivity index (χ3n) is 10.3. The lowest BCUT2D eigenvalue weighted by atomic mass is 10.1. The molecule has 298 valence electrons. The van der Waals surface area contributed by atoms with Crippen molar-refractivity contribution < 1.29 is 19.4 Å². The Morgan fingerprint density at radius 2 is 0.860 bits per heavy atom. The Labute approximate surface area is 312 Å². The van der Waals surface area contributed by atoms with Crippen LogP contribution in [0.3, 0.4) is 0 Å². The quantitative estimate of drug-likeness (QED) is 0.0507. The molecule has 0 fully saturated rings. The van der Waals surface area contributed by atoms with Gasteiger partial charge in [0.2, 0.25) is 5.91 Å². The molecule has 6 heteroatoms. The second-order valence-electron chi connectivity index (χ2n) is 15.4. The average Bonchev–Trinajstić information content (AvgIpc) is 3.10. The van der Waals surface area contributed by atoms with E-state index in [1.165, 1.54) is 122 Å². The van der Waals surface area contributed by atoms with Crippen molar-refractivity contribution in [2.75, 3.05) is 39.3 Å².